The van der Waals surface area contributed by atoms with E-state index in [1.165, 1.54) is 0 Å². The molecule has 1 saturated heterocycles. The number of halogens is 1. The minimum Gasteiger partial charge on any atom is -0.459 e. The van der Waals surface area contributed by atoms with Gasteiger partial charge in [0.05, 0.1) is 11.2 Å². The molecule has 4 aromatic rings. The SMILES string of the molecule is CC(C)(C)OC(=O)C1CCCN1Cc1ccc2cc(NC(=O)c3ccc(-c4ccc(Cl)cc4)cc3)ccc2n1. The largest absolute Gasteiger partial charge is 0.459 e. The van der Waals surface area contributed by atoms with E-state index in [9.17, 15) is 9.59 Å². The number of carbonyl (C=O) groups is 2. The van der Waals surface area contributed by atoms with E-state index in [0.29, 0.717) is 22.8 Å². The van der Waals surface area contributed by atoms with E-state index in [1.807, 2.05) is 99.6 Å². The van der Waals surface area contributed by atoms with Crippen LogP contribution in [0, 0.1) is 0 Å². The highest BCUT2D eigenvalue weighted by molar-refractivity contribution is 6.30. The summed E-state index contributed by atoms with van der Waals surface area (Å²) in [4.78, 5) is 32.5. The Morgan fingerprint density at radius 2 is 1.67 bits per heavy atom. The van der Waals surface area contributed by atoms with E-state index in [-0.39, 0.29) is 17.9 Å². The molecule has 1 N–H and O–H groups in total. The van der Waals surface area contributed by atoms with Crippen molar-refractivity contribution in [2.75, 3.05) is 11.9 Å². The summed E-state index contributed by atoms with van der Waals surface area (Å²) in [5.74, 6) is -0.343. The average molecular weight is 542 g/mol. The Kier molecular flexibility index (Phi) is 7.69. The van der Waals surface area contributed by atoms with Crippen molar-refractivity contribution in [3.8, 4) is 11.1 Å². The van der Waals surface area contributed by atoms with Gasteiger partial charge in [0.1, 0.15) is 11.6 Å². The molecule has 1 aliphatic heterocycles. The molecular formula is C32H32ClN3O3. The van der Waals surface area contributed by atoms with Crippen LogP contribution in [0.4, 0.5) is 5.69 Å². The topological polar surface area (TPSA) is 71.5 Å². The van der Waals surface area contributed by atoms with Crippen molar-refractivity contribution in [2.45, 2.75) is 51.8 Å². The number of fused-ring (bicyclic) bond motifs is 1. The quantitative estimate of drug-likeness (QED) is 0.263. The lowest BCUT2D eigenvalue weighted by atomic mass is 10.0. The second-order valence-electron chi connectivity index (χ2n) is 10.9. The van der Waals surface area contributed by atoms with Crippen LogP contribution in [-0.2, 0) is 16.1 Å². The van der Waals surface area contributed by atoms with Gasteiger partial charge in [0.25, 0.3) is 5.91 Å². The molecule has 0 saturated carbocycles. The van der Waals surface area contributed by atoms with Crippen LogP contribution in [0.5, 0.6) is 0 Å². The van der Waals surface area contributed by atoms with Crippen LogP contribution in [0.1, 0.15) is 49.7 Å². The molecule has 2 heterocycles. The third-order valence-corrected chi connectivity index (χ3v) is 6.99. The van der Waals surface area contributed by atoms with E-state index < -0.39 is 5.60 Å². The molecule has 0 bridgehead atoms. The Bertz CT molecular complexity index is 1490. The fourth-order valence-corrected chi connectivity index (χ4v) is 4.98. The minimum atomic E-state index is -0.499. The Balaban J connectivity index is 1.24. The predicted molar refractivity (Wildman–Crippen MR) is 156 cm³/mol. The van der Waals surface area contributed by atoms with E-state index in [2.05, 4.69) is 10.2 Å². The maximum absolute atomic E-state index is 12.9. The van der Waals surface area contributed by atoms with Gasteiger partial charge in [0.2, 0.25) is 0 Å². The van der Waals surface area contributed by atoms with E-state index in [1.54, 1.807) is 0 Å². The molecule has 1 unspecified atom stereocenters. The summed E-state index contributed by atoms with van der Waals surface area (Å²) in [6.45, 7) is 7.11. The number of rotatable bonds is 6. The van der Waals surface area contributed by atoms with Crippen LogP contribution < -0.4 is 5.32 Å². The first-order valence-corrected chi connectivity index (χ1v) is 13.6. The molecule has 6 nitrogen and oxygen atoms in total. The minimum absolute atomic E-state index is 0.166. The number of hydrogen-bond acceptors (Lipinski definition) is 5. The summed E-state index contributed by atoms with van der Waals surface area (Å²) in [5.41, 5.74) is 4.57. The molecule has 200 valence electrons. The first-order chi connectivity index (χ1) is 18.6. The zero-order valence-corrected chi connectivity index (χ0v) is 23.2. The van der Waals surface area contributed by atoms with Gasteiger partial charge in [-0.3, -0.25) is 19.5 Å². The number of anilines is 1. The number of nitrogens with one attached hydrogen (secondary N) is 1. The smallest absolute Gasteiger partial charge is 0.323 e. The van der Waals surface area contributed by atoms with Crippen molar-refractivity contribution in [2.24, 2.45) is 0 Å². The monoisotopic (exact) mass is 541 g/mol. The predicted octanol–water partition coefficient (Wildman–Crippen LogP) is 7.11. The molecule has 3 aromatic carbocycles. The van der Waals surface area contributed by atoms with Crippen molar-refractivity contribution in [3.05, 3.63) is 95.1 Å². The molecule has 1 fully saturated rings. The molecule has 7 heteroatoms. The van der Waals surface area contributed by atoms with E-state index in [0.717, 1.165) is 47.1 Å². The molecule has 5 rings (SSSR count). The van der Waals surface area contributed by atoms with Gasteiger partial charge in [0, 0.05) is 28.2 Å². The molecule has 0 spiro atoms. The third kappa shape index (κ3) is 6.64. The standard InChI is InChI=1S/C32H32ClN3O3/c1-32(2,3)39-31(38)29-5-4-18-36(29)20-27-15-12-24-19-26(16-17-28(24)34-27)35-30(37)23-8-6-21(7-9-23)22-10-13-25(33)14-11-22/h6-17,19,29H,4-5,18,20H2,1-3H3,(H,35,37). The van der Waals surface area contributed by atoms with Gasteiger partial charge in [-0.2, -0.15) is 0 Å². The average Bonchev–Trinajstić information content (AvgIpc) is 3.37. The number of aromatic nitrogens is 1. The number of pyridine rings is 1. The first-order valence-electron chi connectivity index (χ1n) is 13.2. The molecular weight excluding hydrogens is 510 g/mol. The number of nitrogens with zero attached hydrogens (tertiary/aromatic N) is 2. The number of carbonyl (C=O) groups excluding carboxylic acids is 2. The lowest BCUT2D eigenvalue weighted by molar-refractivity contribution is -0.160. The summed E-state index contributed by atoms with van der Waals surface area (Å²) < 4.78 is 5.63. The van der Waals surface area contributed by atoms with Gasteiger partial charge in [-0.15, -0.1) is 0 Å². The Morgan fingerprint density at radius 3 is 2.36 bits per heavy atom. The third-order valence-electron chi connectivity index (χ3n) is 6.74. The van der Waals surface area contributed by atoms with Crippen LogP contribution >= 0.6 is 11.6 Å². The lowest BCUT2D eigenvalue weighted by Crippen LogP contribution is -2.40. The van der Waals surface area contributed by atoms with Gasteiger partial charge < -0.3 is 10.1 Å². The number of amides is 1. The summed E-state index contributed by atoms with van der Waals surface area (Å²) in [7, 11) is 0. The summed E-state index contributed by atoms with van der Waals surface area (Å²) in [5, 5.41) is 4.60. The van der Waals surface area contributed by atoms with Gasteiger partial charge in [0.15, 0.2) is 0 Å². The molecule has 1 atom stereocenters. The number of ether oxygens (including phenoxy) is 1. The Morgan fingerprint density at radius 1 is 0.974 bits per heavy atom. The van der Waals surface area contributed by atoms with E-state index >= 15 is 0 Å². The normalized spacial score (nSPS) is 15.8. The molecule has 1 aliphatic rings. The van der Waals surface area contributed by atoms with Gasteiger partial charge in [-0.1, -0.05) is 41.9 Å². The van der Waals surface area contributed by atoms with Gasteiger partial charge in [-0.25, -0.2) is 0 Å². The molecule has 39 heavy (non-hydrogen) atoms. The highest BCUT2D eigenvalue weighted by Gasteiger charge is 2.34. The highest BCUT2D eigenvalue weighted by Crippen LogP contribution is 2.25. The number of esters is 1. The van der Waals surface area contributed by atoms with Crippen molar-refractivity contribution in [1.82, 2.24) is 9.88 Å². The van der Waals surface area contributed by atoms with Crippen molar-refractivity contribution < 1.29 is 14.3 Å². The second-order valence-corrected chi connectivity index (χ2v) is 11.3. The fraction of sp³-hybridized carbons (Fsp3) is 0.281. The number of likely N-dealkylation sites (tertiary alicyclic amines) is 1. The van der Waals surface area contributed by atoms with Crippen molar-refractivity contribution in [3.63, 3.8) is 0 Å². The lowest BCUT2D eigenvalue weighted by Gasteiger charge is -2.27. The van der Waals surface area contributed by atoms with Crippen molar-refractivity contribution in [1.29, 1.82) is 0 Å². The van der Waals surface area contributed by atoms with Gasteiger partial charge in [-0.05, 0) is 99.8 Å². The molecule has 1 aromatic heterocycles. The van der Waals surface area contributed by atoms with Gasteiger partial charge >= 0.3 is 5.97 Å². The maximum atomic E-state index is 12.9. The number of hydrogen-bond donors (Lipinski definition) is 1. The zero-order valence-electron chi connectivity index (χ0n) is 22.4. The molecule has 0 aliphatic carbocycles. The van der Waals surface area contributed by atoms with E-state index in [4.69, 9.17) is 21.3 Å². The van der Waals surface area contributed by atoms with Crippen LogP contribution in [-0.4, -0.2) is 39.9 Å². The van der Waals surface area contributed by atoms with Crippen LogP contribution in [0.15, 0.2) is 78.9 Å². The Hall–Kier alpha value is -3.74. The van der Waals surface area contributed by atoms with Crippen molar-refractivity contribution >= 4 is 40.1 Å². The summed E-state index contributed by atoms with van der Waals surface area (Å²) >= 11 is 5.98. The maximum Gasteiger partial charge on any atom is 0.323 e. The fourth-order valence-electron chi connectivity index (χ4n) is 4.85. The van der Waals surface area contributed by atoms with Crippen LogP contribution in [0.3, 0.4) is 0 Å². The Labute approximate surface area is 234 Å². The van der Waals surface area contributed by atoms with Crippen LogP contribution in [0.25, 0.3) is 22.0 Å². The zero-order chi connectivity index (χ0) is 27.6. The summed E-state index contributed by atoms with van der Waals surface area (Å²) in [6.07, 6.45) is 1.76. The first kappa shape index (κ1) is 26.9. The molecule has 0 radical (unpaired) electrons. The van der Waals surface area contributed by atoms with Crippen LogP contribution in [0.2, 0.25) is 5.02 Å². The molecule has 1 amide bonds. The number of benzene rings is 3. The summed E-state index contributed by atoms with van der Waals surface area (Å²) in [6, 6.07) is 24.5. The highest BCUT2D eigenvalue weighted by atomic mass is 35.5. The second kappa shape index (κ2) is 11.2.